The first kappa shape index (κ1) is 22.0. The molecular formula is C24H23N3O3S. The zero-order valence-electron chi connectivity index (χ0n) is 17.2. The lowest BCUT2D eigenvalue weighted by Crippen LogP contribution is -2.34. The Morgan fingerprint density at radius 3 is 2.13 bits per heavy atom. The van der Waals surface area contributed by atoms with Gasteiger partial charge in [-0.2, -0.15) is 0 Å². The van der Waals surface area contributed by atoms with E-state index in [1.165, 1.54) is 0 Å². The summed E-state index contributed by atoms with van der Waals surface area (Å²) in [5.41, 5.74) is 2.21. The summed E-state index contributed by atoms with van der Waals surface area (Å²) >= 11 is 5.24. The molecular weight excluding hydrogens is 410 g/mol. The van der Waals surface area contributed by atoms with Crippen molar-refractivity contribution in [3.05, 3.63) is 90.0 Å². The van der Waals surface area contributed by atoms with Crippen molar-refractivity contribution in [1.29, 1.82) is 0 Å². The van der Waals surface area contributed by atoms with Gasteiger partial charge in [-0.25, -0.2) is 0 Å². The third kappa shape index (κ3) is 6.65. The highest BCUT2D eigenvalue weighted by molar-refractivity contribution is 7.80. The molecule has 0 unspecified atom stereocenters. The molecule has 0 bridgehead atoms. The number of rotatable bonds is 6. The molecule has 0 saturated heterocycles. The van der Waals surface area contributed by atoms with Crippen LogP contribution in [0.15, 0.2) is 78.9 Å². The quantitative estimate of drug-likeness (QED) is 0.484. The molecule has 0 aliphatic rings. The second-order valence-corrected chi connectivity index (χ2v) is 7.41. The van der Waals surface area contributed by atoms with E-state index in [-0.39, 0.29) is 23.0 Å². The number of thiocarbonyl (C=S) groups is 1. The summed E-state index contributed by atoms with van der Waals surface area (Å²) in [5.74, 6) is 0.109. The highest BCUT2D eigenvalue weighted by Gasteiger charge is 2.10. The van der Waals surface area contributed by atoms with Crippen LogP contribution in [-0.2, 0) is 0 Å². The SMILES string of the molecule is CC(C)Oc1ccc(C(=O)NC(=S)Nc2cccc(C(=O)Nc3ccccc3)c2)cc1. The number of hydrogen-bond acceptors (Lipinski definition) is 4. The molecule has 0 fully saturated rings. The van der Waals surface area contributed by atoms with Crippen molar-refractivity contribution in [2.24, 2.45) is 0 Å². The maximum atomic E-state index is 12.5. The van der Waals surface area contributed by atoms with E-state index in [9.17, 15) is 9.59 Å². The minimum atomic E-state index is -0.341. The largest absolute Gasteiger partial charge is 0.491 e. The Morgan fingerprint density at radius 1 is 0.774 bits per heavy atom. The van der Waals surface area contributed by atoms with Gasteiger partial charge in [0.25, 0.3) is 11.8 Å². The Bertz CT molecular complexity index is 1070. The fourth-order valence-corrected chi connectivity index (χ4v) is 2.97. The summed E-state index contributed by atoms with van der Waals surface area (Å²) in [5, 5.41) is 8.53. The maximum Gasteiger partial charge on any atom is 0.257 e. The third-order valence-electron chi connectivity index (χ3n) is 4.13. The number of ether oxygens (including phenoxy) is 1. The Kier molecular flexibility index (Phi) is 7.35. The monoisotopic (exact) mass is 433 g/mol. The van der Waals surface area contributed by atoms with Gasteiger partial charge in [0.15, 0.2) is 5.11 Å². The average Bonchev–Trinajstić information content (AvgIpc) is 2.74. The lowest BCUT2D eigenvalue weighted by Gasteiger charge is -2.12. The average molecular weight is 434 g/mol. The fourth-order valence-electron chi connectivity index (χ4n) is 2.76. The molecule has 0 aliphatic heterocycles. The van der Waals surface area contributed by atoms with E-state index in [0.29, 0.717) is 28.3 Å². The molecule has 0 aliphatic carbocycles. The van der Waals surface area contributed by atoms with E-state index in [0.717, 1.165) is 0 Å². The molecule has 3 aromatic rings. The first-order valence-electron chi connectivity index (χ1n) is 9.76. The lowest BCUT2D eigenvalue weighted by atomic mass is 10.2. The van der Waals surface area contributed by atoms with Gasteiger partial charge in [-0.15, -0.1) is 0 Å². The van der Waals surface area contributed by atoms with E-state index in [4.69, 9.17) is 17.0 Å². The van der Waals surface area contributed by atoms with Crippen molar-refractivity contribution in [3.8, 4) is 5.75 Å². The molecule has 0 spiro atoms. The van der Waals surface area contributed by atoms with E-state index in [1.54, 1.807) is 48.5 Å². The highest BCUT2D eigenvalue weighted by Crippen LogP contribution is 2.15. The number of benzene rings is 3. The Labute approximate surface area is 186 Å². The van der Waals surface area contributed by atoms with Gasteiger partial charge in [-0.3, -0.25) is 14.9 Å². The van der Waals surface area contributed by atoms with Crippen molar-refractivity contribution < 1.29 is 14.3 Å². The number of carbonyl (C=O) groups excluding carboxylic acids is 2. The van der Waals surface area contributed by atoms with Crippen LogP contribution in [0.4, 0.5) is 11.4 Å². The summed E-state index contributed by atoms with van der Waals surface area (Å²) in [4.78, 5) is 24.9. The van der Waals surface area contributed by atoms with Crippen molar-refractivity contribution in [2.75, 3.05) is 10.6 Å². The van der Waals surface area contributed by atoms with Gasteiger partial charge < -0.3 is 15.4 Å². The van der Waals surface area contributed by atoms with Crippen molar-refractivity contribution in [1.82, 2.24) is 5.32 Å². The second kappa shape index (κ2) is 10.4. The number of amides is 2. The lowest BCUT2D eigenvalue weighted by molar-refractivity contribution is 0.0976. The molecule has 3 N–H and O–H groups in total. The van der Waals surface area contributed by atoms with Crippen molar-refractivity contribution >= 4 is 40.5 Å². The van der Waals surface area contributed by atoms with Gasteiger partial charge in [-0.05, 0) is 80.7 Å². The summed E-state index contributed by atoms with van der Waals surface area (Å²) in [6.07, 6.45) is 0.0574. The summed E-state index contributed by atoms with van der Waals surface area (Å²) < 4.78 is 5.57. The summed E-state index contributed by atoms with van der Waals surface area (Å²) in [7, 11) is 0. The molecule has 0 saturated carbocycles. The summed E-state index contributed by atoms with van der Waals surface area (Å²) in [6.45, 7) is 3.87. The topological polar surface area (TPSA) is 79.5 Å². The van der Waals surface area contributed by atoms with E-state index >= 15 is 0 Å². The normalized spacial score (nSPS) is 10.3. The van der Waals surface area contributed by atoms with Gasteiger partial charge in [0.2, 0.25) is 0 Å². The van der Waals surface area contributed by atoms with Crippen LogP contribution in [0.2, 0.25) is 0 Å². The zero-order valence-corrected chi connectivity index (χ0v) is 18.0. The standard InChI is InChI=1S/C24H23N3O3S/c1-16(2)30-21-13-11-17(12-14-21)22(28)27-24(31)26-20-10-6-7-18(15-20)23(29)25-19-8-4-3-5-9-19/h3-16H,1-2H3,(H,25,29)(H2,26,27,28,31). The molecule has 0 atom stereocenters. The van der Waals surface area contributed by atoms with E-state index < -0.39 is 0 Å². The number of nitrogens with one attached hydrogen (secondary N) is 3. The summed E-state index contributed by atoms with van der Waals surface area (Å²) in [6, 6.07) is 22.9. The molecule has 2 amide bonds. The third-order valence-corrected chi connectivity index (χ3v) is 4.33. The number of para-hydroxylation sites is 1. The smallest absolute Gasteiger partial charge is 0.257 e. The van der Waals surface area contributed by atoms with Crippen LogP contribution in [0.3, 0.4) is 0 Å². The van der Waals surface area contributed by atoms with Crippen LogP contribution in [0.1, 0.15) is 34.6 Å². The molecule has 31 heavy (non-hydrogen) atoms. The van der Waals surface area contributed by atoms with Crippen molar-refractivity contribution in [3.63, 3.8) is 0 Å². The Hall–Kier alpha value is -3.71. The second-order valence-electron chi connectivity index (χ2n) is 7.00. The van der Waals surface area contributed by atoms with Gasteiger partial charge >= 0.3 is 0 Å². The minimum Gasteiger partial charge on any atom is -0.491 e. The van der Waals surface area contributed by atoms with Crippen molar-refractivity contribution in [2.45, 2.75) is 20.0 Å². The van der Waals surface area contributed by atoms with Gasteiger partial charge in [0.1, 0.15) is 5.75 Å². The van der Waals surface area contributed by atoms with Crippen LogP contribution < -0.4 is 20.7 Å². The molecule has 0 heterocycles. The van der Waals surface area contributed by atoms with Crippen LogP contribution in [-0.4, -0.2) is 23.0 Å². The number of anilines is 2. The molecule has 7 heteroatoms. The Morgan fingerprint density at radius 2 is 1.45 bits per heavy atom. The molecule has 6 nitrogen and oxygen atoms in total. The number of hydrogen-bond donors (Lipinski definition) is 3. The van der Waals surface area contributed by atoms with Gasteiger partial charge in [0, 0.05) is 22.5 Å². The molecule has 3 aromatic carbocycles. The minimum absolute atomic E-state index is 0.0574. The molecule has 0 aromatic heterocycles. The Balaban J connectivity index is 1.58. The predicted molar refractivity (Wildman–Crippen MR) is 127 cm³/mol. The molecule has 158 valence electrons. The highest BCUT2D eigenvalue weighted by atomic mass is 32.1. The first-order valence-corrected chi connectivity index (χ1v) is 10.2. The van der Waals surface area contributed by atoms with Crippen LogP contribution in [0.5, 0.6) is 5.75 Å². The van der Waals surface area contributed by atoms with Gasteiger partial charge in [0.05, 0.1) is 6.10 Å². The predicted octanol–water partition coefficient (Wildman–Crippen LogP) is 4.85. The molecule has 0 radical (unpaired) electrons. The van der Waals surface area contributed by atoms with Crippen LogP contribution in [0.25, 0.3) is 0 Å². The van der Waals surface area contributed by atoms with Gasteiger partial charge in [-0.1, -0.05) is 24.3 Å². The number of carbonyl (C=O) groups is 2. The first-order chi connectivity index (χ1) is 14.9. The zero-order chi connectivity index (χ0) is 22.2. The maximum absolute atomic E-state index is 12.5. The van der Waals surface area contributed by atoms with E-state index in [1.807, 2.05) is 44.2 Å². The molecule has 3 rings (SSSR count). The van der Waals surface area contributed by atoms with E-state index in [2.05, 4.69) is 16.0 Å². The van der Waals surface area contributed by atoms with Crippen LogP contribution >= 0.6 is 12.2 Å². The fraction of sp³-hybridized carbons (Fsp3) is 0.125. The van der Waals surface area contributed by atoms with Crippen LogP contribution in [0, 0.1) is 0 Å².